The minimum atomic E-state index is -4.16. The second-order valence-corrected chi connectivity index (χ2v) is 7.47. The van der Waals surface area contributed by atoms with Gasteiger partial charge >= 0.3 is 11.9 Å². The highest BCUT2D eigenvalue weighted by molar-refractivity contribution is 7.98. The van der Waals surface area contributed by atoms with Gasteiger partial charge in [0, 0.05) is 12.5 Å². The fourth-order valence-corrected chi connectivity index (χ4v) is 3.54. The molecular weight excluding hydrogens is 376 g/mol. The van der Waals surface area contributed by atoms with Crippen LogP contribution in [0.2, 0.25) is 0 Å². The van der Waals surface area contributed by atoms with Crippen molar-refractivity contribution in [3.8, 4) is 0 Å². The lowest BCUT2D eigenvalue weighted by Gasteiger charge is -2.10. The molecule has 1 aliphatic rings. The highest BCUT2D eigenvalue weighted by Crippen LogP contribution is 2.29. The Bertz CT molecular complexity index is 808. The van der Waals surface area contributed by atoms with Crippen molar-refractivity contribution in [3.63, 3.8) is 0 Å². The van der Waals surface area contributed by atoms with E-state index in [1.165, 1.54) is 12.1 Å². The Morgan fingerprint density at radius 2 is 2.24 bits per heavy atom. The fourth-order valence-electron chi connectivity index (χ4n) is 2.00. The minimum absolute atomic E-state index is 0.133. The molecular formula is C13H14N2O8S2. The first-order valence-electron chi connectivity index (χ1n) is 6.93. The van der Waals surface area contributed by atoms with Crippen molar-refractivity contribution in [2.75, 3.05) is 19.4 Å². The van der Waals surface area contributed by atoms with Crippen LogP contribution in [0.3, 0.4) is 0 Å². The Kier molecular flexibility index (Phi) is 5.98. The van der Waals surface area contributed by atoms with E-state index in [1.807, 2.05) is 4.72 Å². The van der Waals surface area contributed by atoms with E-state index in [-0.39, 0.29) is 23.6 Å². The summed E-state index contributed by atoms with van der Waals surface area (Å²) in [6, 6.07) is 3.42. The number of nitrogens with zero attached hydrogens (tertiary/aromatic N) is 1. The van der Waals surface area contributed by atoms with E-state index in [1.54, 1.807) is 6.26 Å². The lowest BCUT2D eigenvalue weighted by Crippen LogP contribution is -2.33. The number of thioether (sulfide) groups is 1. The summed E-state index contributed by atoms with van der Waals surface area (Å²) in [5.74, 6) is -1.64. The summed E-state index contributed by atoms with van der Waals surface area (Å²) in [6.45, 7) is -0.585. The first kappa shape index (κ1) is 19.1. The first-order valence-corrected chi connectivity index (χ1v) is 9.63. The molecule has 0 bridgehead atoms. The van der Waals surface area contributed by atoms with E-state index in [9.17, 15) is 28.1 Å². The zero-order valence-corrected chi connectivity index (χ0v) is 14.6. The van der Waals surface area contributed by atoms with E-state index in [2.05, 4.69) is 4.74 Å². The zero-order chi connectivity index (χ0) is 18.6. The van der Waals surface area contributed by atoms with Gasteiger partial charge in [-0.15, -0.1) is 11.8 Å². The lowest BCUT2D eigenvalue weighted by atomic mass is 10.3. The Morgan fingerprint density at radius 1 is 1.52 bits per heavy atom. The second-order valence-electron chi connectivity index (χ2n) is 4.85. The number of hydrogen-bond acceptors (Lipinski definition) is 9. The number of nitro benzene ring substituents is 1. The monoisotopic (exact) mass is 390 g/mol. The molecule has 1 aliphatic heterocycles. The van der Waals surface area contributed by atoms with Gasteiger partial charge in [0.15, 0.2) is 0 Å². The predicted octanol–water partition coefficient (Wildman–Crippen LogP) is 0.454. The number of cyclic esters (lactones) is 1. The van der Waals surface area contributed by atoms with E-state index < -0.39 is 39.5 Å². The van der Waals surface area contributed by atoms with E-state index in [0.29, 0.717) is 4.90 Å². The van der Waals surface area contributed by atoms with Crippen molar-refractivity contribution in [2.24, 2.45) is 0 Å². The molecule has 1 atom stereocenters. The third-order valence-corrected chi connectivity index (χ3v) is 5.41. The molecule has 1 heterocycles. The average Bonchev–Trinajstić information content (AvgIpc) is 2.97. The molecule has 136 valence electrons. The standard InChI is InChI=1S/C13H14N2O8S2/c1-24-11-3-2-8(6-9(11)15(18)19)25(20,21)14-7-12(16)23-10-4-5-22-13(10)17/h2-3,6,10,14H,4-5,7H2,1H3/t10-/m0/s1. The van der Waals surface area contributed by atoms with Gasteiger partial charge in [0.2, 0.25) is 16.1 Å². The van der Waals surface area contributed by atoms with E-state index in [0.717, 1.165) is 17.8 Å². The SMILES string of the molecule is CSc1ccc(S(=O)(=O)NCC(=O)O[C@H]2CCOC2=O)cc1[N+](=O)[O-]. The highest BCUT2D eigenvalue weighted by Gasteiger charge is 2.30. The quantitative estimate of drug-likeness (QED) is 0.304. The molecule has 10 nitrogen and oxygen atoms in total. The molecule has 0 aliphatic carbocycles. The van der Waals surface area contributed by atoms with Gasteiger partial charge in [0.05, 0.1) is 21.3 Å². The van der Waals surface area contributed by atoms with Crippen LogP contribution in [0.1, 0.15) is 6.42 Å². The molecule has 12 heteroatoms. The molecule has 0 aromatic heterocycles. The van der Waals surface area contributed by atoms with Crippen LogP contribution in [0.5, 0.6) is 0 Å². The smallest absolute Gasteiger partial charge is 0.347 e. The van der Waals surface area contributed by atoms with Crippen LogP contribution in [-0.4, -0.2) is 50.8 Å². The van der Waals surface area contributed by atoms with Gasteiger partial charge in [-0.3, -0.25) is 14.9 Å². The lowest BCUT2D eigenvalue weighted by molar-refractivity contribution is -0.387. The Labute approximate surface area is 147 Å². The molecule has 0 spiro atoms. The summed E-state index contributed by atoms with van der Waals surface area (Å²) in [6.07, 6.45) is 0.789. The highest BCUT2D eigenvalue weighted by atomic mass is 32.2. The maximum absolute atomic E-state index is 12.2. The first-order chi connectivity index (χ1) is 11.7. The third-order valence-electron chi connectivity index (χ3n) is 3.22. The number of hydrogen-bond donors (Lipinski definition) is 1. The fraction of sp³-hybridized carbons (Fsp3) is 0.385. The number of carbonyl (C=O) groups is 2. The molecule has 0 amide bonds. The van der Waals surface area contributed by atoms with Crippen LogP contribution in [0, 0.1) is 10.1 Å². The summed E-state index contributed by atoms with van der Waals surface area (Å²) in [5, 5.41) is 11.0. The number of nitrogens with one attached hydrogen (secondary N) is 1. The van der Waals surface area contributed by atoms with Crippen molar-refractivity contribution in [1.29, 1.82) is 0 Å². The number of carbonyl (C=O) groups excluding carboxylic acids is 2. The van der Waals surface area contributed by atoms with Crippen LogP contribution in [0.4, 0.5) is 5.69 Å². The Morgan fingerprint density at radius 3 is 2.80 bits per heavy atom. The number of ether oxygens (including phenoxy) is 2. The van der Waals surface area contributed by atoms with Crippen LogP contribution in [-0.2, 0) is 29.1 Å². The molecule has 1 aromatic carbocycles. The van der Waals surface area contributed by atoms with Crippen molar-refractivity contribution < 1.29 is 32.4 Å². The van der Waals surface area contributed by atoms with Crippen molar-refractivity contribution in [3.05, 3.63) is 28.3 Å². The molecule has 1 saturated heterocycles. The average molecular weight is 390 g/mol. The summed E-state index contributed by atoms with van der Waals surface area (Å²) in [5.41, 5.74) is -0.355. The van der Waals surface area contributed by atoms with Gasteiger partial charge in [0.25, 0.3) is 5.69 Å². The molecule has 1 aromatic rings. The van der Waals surface area contributed by atoms with Gasteiger partial charge in [0.1, 0.15) is 6.54 Å². The van der Waals surface area contributed by atoms with Gasteiger partial charge in [-0.25, -0.2) is 13.2 Å². The predicted molar refractivity (Wildman–Crippen MR) is 85.5 cm³/mol. The third kappa shape index (κ3) is 4.67. The molecule has 0 radical (unpaired) electrons. The molecule has 25 heavy (non-hydrogen) atoms. The largest absolute Gasteiger partial charge is 0.463 e. The maximum atomic E-state index is 12.2. The number of sulfonamides is 1. The Hall–Kier alpha value is -2.18. The van der Waals surface area contributed by atoms with Crippen molar-refractivity contribution >= 4 is 39.4 Å². The van der Waals surface area contributed by atoms with Crippen LogP contribution < -0.4 is 4.72 Å². The van der Waals surface area contributed by atoms with E-state index >= 15 is 0 Å². The summed E-state index contributed by atoms with van der Waals surface area (Å²) < 4.78 is 35.7. The molecule has 1 N–H and O–H groups in total. The van der Waals surface area contributed by atoms with Gasteiger partial charge in [-0.05, 0) is 18.4 Å². The topological polar surface area (TPSA) is 142 Å². The van der Waals surface area contributed by atoms with Crippen LogP contribution in [0.15, 0.2) is 28.0 Å². The van der Waals surface area contributed by atoms with Gasteiger partial charge < -0.3 is 9.47 Å². The van der Waals surface area contributed by atoms with Crippen LogP contribution >= 0.6 is 11.8 Å². The maximum Gasteiger partial charge on any atom is 0.347 e. The summed E-state index contributed by atoms with van der Waals surface area (Å²) in [4.78, 5) is 33.1. The van der Waals surface area contributed by atoms with Crippen molar-refractivity contribution in [2.45, 2.75) is 22.3 Å². The summed E-state index contributed by atoms with van der Waals surface area (Å²) >= 11 is 1.10. The Balaban J connectivity index is 2.06. The van der Waals surface area contributed by atoms with Gasteiger partial charge in [-0.2, -0.15) is 4.72 Å². The zero-order valence-electron chi connectivity index (χ0n) is 13.0. The van der Waals surface area contributed by atoms with Crippen LogP contribution in [0.25, 0.3) is 0 Å². The number of benzene rings is 1. The number of nitro groups is 1. The number of esters is 2. The normalized spacial score (nSPS) is 17.2. The van der Waals surface area contributed by atoms with Gasteiger partial charge in [-0.1, -0.05) is 0 Å². The van der Waals surface area contributed by atoms with E-state index in [4.69, 9.17) is 4.74 Å². The number of rotatable bonds is 7. The summed E-state index contributed by atoms with van der Waals surface area (Å²) in [7, 11) is -4.16. The second kappa shape index (κ2) is 7.80. The minimum Gasteiger partial charge on any atom is -0.463 e. The molecule has 0 unspecified atom stereocenters. The molecule has 0 saturated carbocycles. The molecule has 1 fully saturated rings. The molecule has 2 rings (SSSR count). The van der Waals surface area contributed by atoms with Crippen molar-refractivity contribution in [1.82, 2.24) is 4.72 Å².